The number of carboxylic acid groups (broad SMARTS) is 1. The van der Waals surface area contributed by atoms with Gasteiger partial charge in [0.05, 0.1) is 0 Å². The fourth-order valence-corrected chi connectivity index (χ4v) is 3.78. The van der Waals surface area contributed by atoms with Crippen molar-refractivity contribution in [2.75, 3.05) is 0 Å². The number of para-hydroxylation sites is 1. The van der Waals surface area contributed by atoms with E-state index in [2.05, 4.69) is 0 Å². The smallest absolute Gasteiger partial charge is 0.323 e. The van der Waals surface area contributed by atoms with Crippen LogP contribution < -0.4 is 4.74 Å². The molecule has 152 valence electrons. The molecule has 0 saturated carbocycles. The van der Waals surface area contributed by atoms with E-state index in [1.807, 2.05) is 31.2 Å². The Morgan fingerprint density at radius 3 is 2.57 bits per heavy atom. The maximum atomic E-state index is 14.0. The fourth-order valence-electron chi connectivity index (χ4n) is 3.66. The summed E-state index contributed by atoms with van der Waals surface area (Å²) in [4.78, 5) is 11.4. The third-order valence-electron chi connectivity index (χ3n) is 5.09. The number of benzene rings is 3. The van der Waals surface area contributed by atoms with Gasteiger partial charge >= 0.3 is 5.97 Å². The van der Waals surface area contributed by atoms with Crippen molar-refractivity contribution in [3.8, 4) is 11.5 Å². The summed E-state index contributed by atoms with van der Waals surface area (Å²) in [5.41, 5.74) is 3.27. The Bertz CT molecular complexity index is 1230. The zero-order valence-corrected chi connectivity index (χ0v) is 17.0. The van der Waals surface area contributed by atoms with Gasteiger partial charge in [-0.25, -0.2) is 4.39 Å². The Kier molecular flexibility index (Phi) is 5.46. The lowest BCUT2D eigenvalue weighted by molar-refractivity contribution is -0.137. The van der Waals surface area contributed by atoms with E-state index in [1.165, 1.54) is 12.1 Å². The second-order valence-corrected chi connectivity index (χ2v) is 7.48. The fraction of sp³-hybridized carbons (Fsp3) is 0.125. The van der Waals surface area contributed by atoms with E-state index in [0.717, 1.165) is 16.8 Å². The third-order valence-corrected chi connectivity index (χ3v) is 5.34. The number of carbonyl (C=O) groups is 1. The number of halogens is 2. The normalized spacial score (nSPS) is 11.0. The molecule has 0 bridgehead atoms. The molecule has 0 aliphatic heterocycles. The van der Waals surface area contributed by atoms with Gasteiger partial charge in [-0.15, -0.1) is 0 Å². The van der Waals surface area contributed by atoms with Crippen molar-refractivity contribution in [3.05, 3.63) is 94.4 Å². The van der Waals surface area contributed by atoms with Crippen LogP contribution in [0.4, 0.5) is 4.39 Å². The molecule has 3 aromatic carbocycles. The van der Waals surface area contributed by atoms with Crippen LogP contribution in [0.1, 0.15) is 16.8 Å². The average Bonchev–Trinajstić information content (AvgIpc) is 2.96. The molecule has 30 heavy (non-hydrogen) atoms. The van der Waals surface area contributed by atoms with Gasteiger partial charge < -0.3 is 14.4 Å². The zero-order valence-electron chi connectivity index (χ0n) is 16.2. The zero-order chi connectivity index (χ0) is 21.3. The minimum Gasteiger partial charge on any atom is -0.480 e. The molecule has 0 fully saturated rings. The van der Waals surface area contributed by atoms with Gasteiger partial charge in [-0.05, 0) is 66.6 Å². The third kappa shape index (κ3) is 4.02. The van der Waals surface area contributed by atoms with Crippen molar-refractivity contribution in [3.63, 3.8) is 0 Å². The van der Waals surface area contributed by atoms with Crippen LogP contribution in [0.15, 0.2) is 66.7 Å². The van der Waals surface area contributed by atoms with Crippen molar-refractivity contribution in [2.45, 2.75) is 19.9 Å². The summed E-state index contributed by atoms with van der Waals surface area (Å²) in [6.07, 6.45) is 0.474. The standard InChI is InChI=1S/C24H19ClFNO3/c1-15-20(21-13-18(26)8-11-22(21)27(15)14-24(28)29)12-16-4-2-3-5-23(16)30-19-9-6-17(25)7-10-19/h2-11,13H,12,14H2,1H3,(H,28,29). The van der Waals surface area contributed by atoms with Gasteiger partial charge in [0, 0.05) is 28.0 Å². The second kappa shape index (κ2) is 8.20. The first-order valence-corrected chi connectivity index (χ1v) is 9.80. The molecule has 0 unspecified atom stereocenters. The minimum atomic E-state index is -0.947. The topological polar surface area (TPSA) is 51.5 Å². The van der Waals surface area contributed by atoms with Crippen LogP contribution in [0.3, 0.4) is 0 Å². The highest BCUT2D eigenvalue weighted by atomic mass is 35.5. The molecule has 0 radical (unpaired) electrons. The van der Waals surface area contributed by atoms with Crippen molar-refractivity contribution >= 4 is 28.5 Å². The number of hydrogen-bond donors (Lipinski definition) is 1. The monoisotopic (exact) mass is 423 g/mol. The molecule has 1 heterocycles. The van der Waals surface area contributed by atoms with Crippen molar-refractivity contribution in [1.29, 1.82) is 0 Å². The quantitative estimate of drug-likeness (QED) is 0.401. The number of rotatable bonds is 6. The second-order valence-electron chi connectivity index (χ2n) is 7.05. The number of aliphatic carboxylic acids is 1. The van der Waals surface area contributed by atoms with E-state index in [1.54, 1.807) is 34.9 Å². The molecular formula is C24H19ClFNO3. The summed E-state index contributed by atoms with van der Waals surface area (Å²) < 4.78 is 21.8. The molecule has 6 heteroatoms. The molecule has 0 aliphatic carbocycles. The maximum Gasteiger partial charge on any atom is 0.323 e. The predicted molar refractivity (Wildman–Crippen MR) is 115 cm³/mol. The highest BCUT2D eigenvalue weighted by Crippen LogP contribution is 2.33. The lowest BCUT2D eigenvalue weighted by atomic mass is 10.0. The van der Waals surface area contributed by atoms with E-state index in [-0.39, 0.29) is 12.4 Å². The summed E-state index contributed by atoms with van der Waals surface area (Å²) in [5, 5.41) is 10.6. The number of ether oxygens (including phenoxy) is 1. The Labute approximate surface area is 178 Å². The Morgan fingerprint density at radius 1 is 1.10 bits per heavy atom. The van der Waals surface area contributed by atoms with Gasteiger partial charge in [-0.2, -0.15) is 0 Å². The Morgan fingerprint density at radius 2 is 1.83 bits per heavy atom. The first-order chi connectivity index (χ1) is 14.4. The van der Waals surface area contributed by atoms with Gasteiger partial charge in [-0.3, -0.25) is 4.79 Å². The van der Waals surface area contributed by atoms with Crippen LogP contribution in [-0.2, 0) is 17.8 Å². The summed E-state index contributed by atoms with van der Waals surface area (Å²) in [6.45, 7) is 1.68. The molecule has 0 saturated heterocycles. The van der Waals surface area contributed by atoms with Crippen LogP contribution in [0.5, 0.6) is 11.5 Å². The SMILES string of the molecule is Cc1c(Cc2ccccc2Oc2ccc(Cl)cc2)c2cc(F)ccc2n1CC(=O)O. The van der Waals surface area contributed by atoms with Crippen molar-refractivity contribution < 1.29 is 19.0 Å². The highest BCUT2D eigenvalue weighted by molar-refractivity contribution is 6.30. The van der Waals surface area contributed by atoms with Gasteiger partial charge in [0.1, 0.15) is 23.9 Å². The number of carboxylic acids is 1. The van der Waals surface area contributed by atoms with Crippen molar-refractivity contribution in [2.24, 2.45) is 0 Å². The van der Waals surface area contributed by atoms with Crippen LogP contribution in [0.2, 0.25) is 5.02 Å². The van der Waals surface area contributed by atoms with Gasteiger partial charge in [0.15, 0.2) is 0 Å². The lowest BCUT2D eigenvalue weighted by Gasteiger charge is -2.12. The molecule has 4 aromatic rings. The number of hydrogen-bond acceptors (Lipinski definition) is 2. The molecule has 4 rings (SSSR count). The summed E-state index contributed by atoms with van der Waals surface area (Å²) in [6, 6.07) is 19.1. The van der Waals surface area contributed by atoms with E-state index in [9.17, 15) is 14.3 Å². The molecule has 0 atom stereocenters. The van der Waals surface area contributed by atoms with Gasteiger partial charge in [0.2, 0.25) is 0 Å². The van der Waals surface area contributed by atoms with E-state index in [4.69, 9.17) is 16.3 Å². The molecule has 0 aliphatic rings. The van der Waals surface area contributed by atoms with Gasteiger partial charge in [-0.1, -0.05) is 29.8 Å². The van der Waals surface area contributed by atoms with Gasteiger partial charge in [0.25, 0.3) is 0 Å². The first-order valence-electron chi connectivity index (χ1n) is 9.42. The highest BCUT2D eigenvalue weighted by Gasteiger charge is 2.18. The van der Waals surface area contributed by atoms with E-state index in [0.29, 0.717) is 33.8 Å². The number of nitrogens with zero attached hydrogens (tertiary/aromatic N) is 1. The van der Waals surface area contributed by atoms with Crippen molar-refractivity contribution in [1.82, 2.24) is 4.57 Å². The van der Waals surface area contributed by atoms with E-state index < -0.39 is 5.97 Å². The Balaban J connectivity index is 1.76. The molecule has 4 nitrogen and oxygen atoms in total. The van der Waals surface area contributed by atoms with Crippen LogP contribution in [0.25, 0.3) is 10.9 Å². The average molecular weight is 424 g/mol. The molecule has 1 N–H and O–H groups in total. The number of fused-ring (bicyclic) bond motifs is 1. The van der Waals surface area contributed by atoms with Crippen LogP contribution in [0, 0.1) is 12.7 Å². The largest absolute Gasteiger partial charge is 0.480 e. The Hall–Kier alpha value is -3.31. The summed E-state index contributed by atoms with van der Waals surface area (Å²) in [7, 11) is 0. The van der Waals surface area contributed by atoms with E-state index >= 15 is 0 Å². The molecule has 1 aromatic heterocycles. The molecule has 0 amide bonds. The maximum absolute atomic E-state index is 14.0. The van der Waals surface area contributed by atoms with Crippen LogP contribution >= 0.6 is 11.6 Å². The first kappa shape index (κ1) is 20.0. The molecule has 0 spiro atoms. The molecular weight excluding hydrogens is 405 g/mol. The lowest BCUT2D eigenvalue weighted by Crippen LogP contribution is -2.10. The summed E-state index contributed by atoms with van der Waals surface area (Å²) in [5.74, 6) is 0.0250. The predicted octanol–water partition coefficient (Wildman–Crippen LogP) is 6.21. The number of aromatic nitrogens is 1. The minimum absolute atomic E-state index is 0.184. The summed E-state index contributed by atoms with van der Waals surface area (Å²) >= 11 is 5.95. The van der Waals surface area contributed by atoms with Crippen LogP contribution in [-0.4, -0.2) is 15.6 Å².